The summed E-state index contributed by atoms with van der Waals surface area (Å²) >= 11 is 0. The summed E-state index contributed by atoms with van der Waals surface area (Å²) in [7, 11) is -3.85. The van der Waals surface area contributed by atoms with Crippen molar-refractivity contribution in [1.82, 2.24) is 4.31 Å². The zero-order valence-corrected chi connectivity index (χ0v) is 18.9. The number of carbonyl (C=O) groups excluding carboxylic acids is 1. The van der Waals surface area contributed by atoms with E-state index in [4.69, 9.17) is 0 Å². The highest BCUT2D eigenvalue weighted by atomic mass is 32.2. The van der Waals surface area contributed by atoms with E-state index in [0.29, 0.717) is 17.7 Å². The fraction of sp³-hybridized carbons (Fsp3) is 0.240. The highest BCUT2D eigenvalue weighted by molar-refractivity contribution is 7.89. The summed E-state index contributed by atoms with van der Waals surface area (Å²) in [6.07, 6.45) is 0.516. The Morgan fingerprint density at radius 2 is 1.55 bits per heavy atom. The van der Waals surface area contributed by atoms with E-state index in [-0.39, 0.29) is 23.9 Å². The van der Waals surface area contributed by atoms with Gasteiger partial charge in [-0.1, -0.05) is 60.7 Å². The number of nitrogens with zero attached hydrogens (tertiary/aromatic N) is 1. The van der Waals surface area contributed by atoms with Crippen LogP contribution in [0.25, 0.3) is 0 Å². The highest BCUT2D eigenvalue weighted by Crippen LogP contribution is 2.22. The minimum atomic E-state index is -3.85. The van der Waals surface area contributed by atoms with Crippen LogP contribution in [0.5, 0.6) is 0 Å². The Labute approximate surface area is 184 Å². The number of benzene rings is 3. The van der Waals surface area contributed by atoms with Crippen LogP contribution in [-0.4, -0.2) is 31.7 Å². The molecular formula is C25H28N2O3S. The first-order chi connectivity index (χ1) is 14.8. The molecule has 0 aromatic heterocycles. The summed E-state index contributed by atoms with van der Waals surface area (Å²) in [6.45, 7) is 5.49. The zero-order valence-electron chi connectivity index (χ0n) is 18.1. The number of sulfonamides is 1. The van der Waals surface area contributed by atoms with E-state index < -0.39 is 10.0 Å². The number of carbonyl (C=O) groups is 1. The first kappa shape index (κ1) is 22.7. The first-order valence-electron chi connectivity index (χ1n) is 10.2. The molecule has 0 saturated carbocycles. The predicted octanol–water partition coefficient (Wildman–Crippen LogP) is 4.48. The van der Waals surface area contributed by atoms with Crippen molar-refractivity contribution in [2.75, 3.05) is 18.4 Å². The maximum atomic E-state index is 13.5. The normalized spacial score (nSPS) is 11.5. The number of nitrogens with one attached hydrogen (secondary N) is 1. The van der Waals surface area contributed by atoms with E-state index >= 15 is 0 Å². The lowest BCUT2D eigenvalue weighted by molar-refractivity contribution is -0.116. The van der Waals surface area contributed by atoms with Gasteiger partial charge in [-0.2, -0.15) is 4.31 Å². The smallest absolute Gasteiger partial charge is 0.243 e. The Morgan fingerprint density at radius 1 is 0.871 bits per heavy atom. The van der Waals surface area contributed by atoms with Crippen LogP contribution in [0, 0.1) is 20.8 Å². The molecule has 1 amide bonds. The lowest BCUT2D eigenvalue weighted by Crippen LogP contribution is -2.39. The van der Waals surface area contributed by atoms with E-state index in [1.807, 2.05) is 68.4 Å². The highest BCUT2D eigenvalue weighted by Gasteiger charge is 2.28. The summed E-state index contributed by atoms with van der Waals surface area (Å²) in [6, 6.07) is 22.4. The van der Waals surface area contributed by atoms with Gasteiger partial charge in [0.25, 0.3) is 0 Å². The van der Waals surface area contributed by atoms with Crippen molar-refractivity contribution in [3.63, 3.8) is 0 Å². The number of hydrogen-bond donors (Lipinski definition) is 1. The van der Waals surface area contributed by atoms with Crippen molar-refractivity contribution in [3.8, 4) is 0 Å². The number of para-hydroxylation sites is 1. The third-order valence-corrected chi connectivity index (χ3v) is 7.18. The maximum absolute atomic E-state index is 13.5. The predicted molar refractivity (Wildman–Crippen MR) is 125 cm³/mol. The summed E-state index contributed by atoms with van der Waals surface area (Å²) < 4.78 is 28.3. The van der Waals surface area contributed by atoms with Crippen molar-refractivity contribution in [1.29, 1.82) is 0 Å². The van der Waals surface area contributed by atoms with Crippen molar-refractivity contribution in [2.45, 2.75) is 32.1 Å². The average molecular weight is 437 g/mol. The molecule has 0 aliphatic rings. The van der Waals surface area contributed by atoms with Crippen LogP contribution in [0.2, 0.25) is 0 Å². The number of hydrogen-bond acceptors (Lipinski definition) is 3. The van der Waals surface area contributed by atoms with E-state index in [1.54, 1.807) is 25.1 Å². The second-order valence-corrected chi connectivity index (χ2v) is 9.61. The third kappa shape index (κ3) is 5.81. The fourth-order valence-electron chi connectivity index (χ4n) is 3.37. The molecule has 31 heavy (non-hydrogen) atoms. The molecule has 3 rings (SSSR count). The summed E-state index contributed by atoms with van der Waals surface area (Å²) in [5.74, 6) is -0.365. The average Bonchev–Trinajstić information content (AvgIpc) is 2.75. The van der Waals surface area contributed by atoms with E-state index in [9.17, 15) is 13.2 Å². The molecule has 0 unspecified atom stereocenters. The van der Waals surface area contributed by atoms with Gasteiger partial charge in [-0.05, 0) is 61.6 Å². The molecule has 162 valence electrons. The van der Waals surface area contributed by atoms with Gasteiger partial charge in [0.15, 0.2) is 0 Å². The molecule has 0 radical (unpaired) electrons. The number of anilines is 1. The van der Waals surface area contributed by atoms with Crippen LogP contribution in [0.3, 0.4) is 0 Å². The molecule has 0 saturated heterocycles. The van der Waals surface area contributed by atoms with Crippen LogP contribution < -0.4 is 5.32 Å². The van der Waals surface area contributed by atoms with E-state index in [0.717, 1.165) is 16.7 Å². The fourth-order valence-corrected chi connectivity index (χ4v) is 5.08. The minimum Gasteiger partial charge on any atom is -0.325 e. The van der Waals surface area contributed by atoms with E-state index in [2.05, 4.69) is 5.32 Å². The summed E-state index contributed by atoms with van der Waals surface area (Å²) in [5, 5.41) is 2.84. The second-order valence-electron chi connectivity index (χ2n) is 7.71. The van der Waals surface area contributed by atoms with Gasteiger partial charge < -0.3 is 5.32 Å². The van der Waals surface area contributed by atoms with Gasteiger partial charge in [-0.3, -0.25) is 4.79 Å². The van der Waals surface area contributed by atoms with Crippen LogP contribution in [0.1, 0.15) is 22.3 Å². The molecule has 3 aromatic rings. The largest absolute Gasteiger partial charge is 0.325 e. The van der Waals surface area contributed by atoms with E-state index in [1.165, 1.54) is 4.31 Å². The van der Waals surface area contributed by atoms with Gasteiger partial charge in [0.1, 0.15) is 0 Å². The Balaban J connectivity index is 1.87. The second kappa shape index (κ2) is 9.90. The van der Waals surface area contributed by atoms with Gasteiger partial charge in [-0.15, -0.1) is 0 Å². The maximum Gasteiger partial charge on any atom is 0.243 e. The Hall–Kier alpha value is -2.96. The van der Waals surface area contributed by atoms with Crippen LogP contribution in [-0.2, 0) is 21.2 Å². The molecule has 3 aromatic carbocycles. The van der Waals surface area contributed by atoms with Gasteiger partial charge >= 0.3 is 0 Å². The molecule has 0 bridgehead atoms. The SMILES string of the molecule is Cc1ccc(C)c(S(=O)(=O)N(CCc2ccccc2)CC(=O)Nc2ccccc2C)c1. The number of rotatable bonds is 8. The zero-order chi connectivity index (χ0) is 22.4. The van der Waals surface area contributed by atoms with Gasteiger partial charge in [0.05, 0.1) is 11.4 Å². The molecular weight excluding hydrogens is 408 g/mol. The minimum absolute atomic E-state index is 0.209. The topological polar surface area (TPSA) is 66.5 Å². The molecule has 0 spiro atoms. The molecule has 0 fully saturated rings. The van der Waals surface area contributed by atoms with Crippen molar-refractivity contribution >= 4 is 21.6 Å². The Bertz CT molecular complexity index is 1160. The number of aryl methyl sites for hydroxylation is 3. The Kier molecular flexibility index (Phi) is 7.25. The molecule has 0 aliphatic carbocycles. The standard InChI is InChI=1S/C25H28N2O3S/c1-19-13-14-21(3)24(17-19)31(29,30)27(16-15-22-10-5-4-6-11-22)18-25(28)26-23-12-8-7-9-20(23)2/h4-14,17H,15-16,18H2,1-3H3,(H,26,28). The molecule has 0 atom stereocenters. The molecule has 0 aliphatic heterocycles. The lowest BCUT2D eigenvalue weighted by Gasteiger charge is -2.23. The van der Waals surface area contributed by atoms with Crippen molar-refractivity contribution < 1.29 is 13.2 Å². The summed E-state index contributed by atoms with van der Waals surface area (Å²) in [5.41, 5.74) is 4.14. The van der Waals surface area contributed by atoms with Crippen molar-refractivity contribution in [3.05, 3.63) is 95.1 Å². The van der Waals surface area contributed by atoms with Gasteiger partial charge in [0.2, 0.25) is 15.9 Å². The monoisotopic (exact) mass is 436 g/mol. The quantitative estimate of drug-likeness (QED) is 0.566. The third-order valence-electron chi connectivity index (χ3n) is 5.19. The molecule has 1 N–H and O–H groups in total. The molecule has 6 heteroatoms. The first-order valence-corrected chi connectivity index (χ1v) is 11.7. The van der Waals surface area contributed by atoms with Crippen LogP contribution >= 0.6 is 0 Å². The molecule has 5 nitrogen and oxygen atoms in total. The lowest BCUT2D eigenvalue weighted by atomic mass is 10.1. The molecule has 0 heterocycles. The number of amides is 1. The summed E-state index contributed by atoms with van der Waals surface area (Å²) in [4.78, 5) is 13.0. The van der Waals surface area contributed by atoms with Crippen LogP contribution in [0.15, 0.2) is 77.7 Å². The van der Waals surface area contributed by atoms with Crippen LogP contribution in [0.4, 0.5) is 5.69 Å². The Morgan fingerprint density at radius 3 is 2.26 bits per heavy atom. The van der Waals surface area contributed by atoms with Gasteiger partial charge in [0, 0.05) is 12.2 Å². The van der Waals surface area contributed by atoms with Crippen molar-refractivity contribution in [2.24, 2.45) is 0 Å². The van der Waals surface area contributed by atoms with Gasteiger partial charge in [-0.25, -0.2) is 8.42 Å².